The number of anilines is 1. The van der Waals surface area contributed by atoms with Crippen LogP contribution in [0, 0.1) is 12.8 Å². The van der Waals surface area contributed by atoms with E-state index < -0.39 is 0 Å². The normalized spacial score (nSPS) is 14.4. The first-order chi connectivity index (χ1) is 15.1. The molecular weight excluding hydrogens is 412 g/mol. The summed E-state index contributed by atoms with van der Waals surface area (Å²) >= 11 is 1.24. The van der Waals surface area contributed by atoms with Gasteiger partial charge in [0.05, 0.1) is 5.75 Å². The highest BCUT2D eigenvalue weighted by molar-refractivity contribution is 7.99. The van der Waals surface area contributed by atoms with E-state index in [0.29, 0.717) is 37.0 Å². The van der Waals surface area contributed by atoms with Gasteiger partial charge in [-0.1, -0.05) is 47.7 Å². The van der Waals surface area contributed by atoms with Gasteiger partial charge in [-0.15, -0.1) is 10.2 Å². The molecule has 0 atom stereocenters. The number of piperidine rings is 1. The summed E-state index contributed by atoms with van der Waals surface area (Å²) in [4.78, 5) is 26.8. The molecule has 1 N–H and O–H groups in total. The van der Waals surface area contributed by atoms with Gasteiger partial charge >= 0.3 is 0 Å². The first kappa shape index (κ1) is 21.1. The maximum atomic E-state index is 12.6. The molecule has 1 aliphatic rings. The van der Waals surface area contributed by atoms with Gasteiger partial charge in [0.15, 0.2) is 0 Å². The van der Waals surface area contributed by atoms with Crippen molar-refractivity contribution in [3.8, 4) is 11.5 Å². The van der Waals surface area contributed by atoms with Gasteiger partial charge in [0.1, 0.15) is 0 Å². The van der Waals surface area contributed by atoms with Crippen molar-refractivity contribution < 1.29 is 14.0 Å². The largest absolute Gasteiger partial charge is 0.411 e. The minimum atomic E-state index is -0.0788. The summed E-state index contributed by atoms with van der Waals surface area (Å²) in [7, 11) is 0. The Kier molecular flexibility index (Phi) is 6.66. The molecule has 1 saturated heterocycles. The van der Waals surface area contributed by atoms with E-state index in [0.717, 1.165) is 16.8 Å². The molecule has 0 spiro atoms. The third kappa shape index (κ3) is 5.52. The summed E-state index contributed by atoms with van der Waals surface area (Å²) in [6.07, 6.45) is 1.32. The number of carbonyl (C=O) groups is 2. The topological polar surface area (TPSA) is 88.3 Å². The van der Waals surface area contributed by atoms with Crippen molar-refractivity contribution >= 4 is 29.3 Å². The lowest BCUT2D eigenvalue weighted by Crippen LogP contribution is -2.42. The molecule has 4 rings (SSSR count). The quantitative estimate of drug-likeness (QED) is 0.587. The minimum absolute atomic E-state index is 0.0157. The Morgan fingerprint density at radius 2 is 1.77 bits per heavy atom. The molecule has 1 aliphatic heterocycles. The Balaban J connectivity index is 1.23. The molecule has 1 fully saturated rings. The Morgan fingerprint density at radius 1 is 1.06 bits per heavy atom. The fraction of sp³-hybridized carbons (Fsp3) is 0.304. The molecule has 1 aromatic heterocycles. The molecule has 3 aromatic rings. The van der Waals surface area contributed by atoms with Crippen LogP contribution in [0.3, 0.4) is 0 Å². The third-order valence-electron chi connectivity index (χ3n) is 5.28. The zero-order valence-electron chi connectivity index (χ0n) is 17.3. The van der Waals surface area contributed by atoms with Crippen LogP contribution >= 0.6 is 11.8 Å². The van der Waals surface area contributed by atoms with E-state index in [2.05, 4.69) is 15.5 Å². The summed E-state index contributed by atoms with van der Waals surface area (Å²) in [5.74, 6) is 0.630. The van der Waals surface area contributed by atoms with Crippen LogP contribution in [0.15, 0.2) is 64.2 Å². The first-order valence-electron chi connectivity index (χ1n) is 10.3. The Bertz CT molecular complexity index is 1030. The zero-order valence-corrected chi connectivity index (χ0v) is 18.1. The van der Waals surface area contributed by atoms with Crippen LogP contribution < -0.4 is 5.32 Å². The number of thioether (sulfide) groups is 1. The van der Waals surface area contributed by atoms with Gasteiger partial charge in [0.2, 0.25) is 17.7 Å². The molecule has 0 radical (unpaired) electrons. The zero-order chi connectivity index (χ0) is 21.6. The van der Waals surface area contributed by atoms with E-state index in [1.54, 1.807) is 4.90 Å². The average molecular weight is 437 g/mol. The molecular formula is C23H24N4O3S. The van der Waals surface area contributed by atoms with Gasteiger partial charge in [-0.25, -0.2) is 0 Å². The van der Waals surface area contributed by atoms with E-state index in [4.69, 9.17) is 4.42 Å². The van der Waals surface area contributed by atoms with E-state index in [1.807, 2.05) is 61.5 Å². The standard InChI is InChI=1S/C23H24N4O3S/c1-16-7-9-18(10-8-16)22-25-26-23(30-22)31-15-20(28)27-13-11-17(12-14-27)21(29)24-19-5-3-2-4-6-19/h2-10,17H,11-15H2,1H3,(H,24,29). The number of aryl methyl sites for hydroxylation is 1. The number of amides is 2. The molecule has 7 nitrogen and oxygen atoms in total. The van der Waals surface area contributed by atoms with E-state index in [1.165, 1.54) is 11.8 Å². The fourth-order valence-electron chi connectivity index (χ4n) is 3.45. The molecule has 0 aliphatic carbocycles. The highest BCUT2D eigenvalue weighted by atomic mass is 32.2. The van der Waals surface area contributed by atoms with Crippen molar-refractivity contribution in [3.05, 3.63) is 60.2 Å². The third-order valence-corrected chi connectivity index (χ3v) is 6.09. The van der Waals surface area contributed by atoms with Gasteiger partial charge in [-0.2, -0.15) is 0 Å². The van der Waals surface area contributed by atoms with Gasteiger partial charge in [-0.3, -0.25) is 9.59 Å². The Morgan fingerprint density at radius 3 is 2.48 bits per heavy atom. The van der Waals surface area contributed by atoms with Gasteiger partial charge in [0, 0.05) is 30.3 Å². The van der Waals surface area contributed by atoms with Crippen LogP contribution in [0.2, 0.25) is 0 Å². The molecule has 2 amide bonds. The first-order valence-corrected chi connectivity index (χ1v) is 11.2. The molecule has 31 heavy (non-hydrogen) atoms. The summed E-state index contributed by atoms with van der Waals surface area (Å²) in [6.45, 7) is 3.17. The lowest BCUT2D eigenvalue weighted by atomic mass is 9.96. The van der Waals surface area contributed by atoms with Gasteiger partial charge in [0.25, 0.3) is 5.22 Å². The Labute approximate surface area is 185 Å². The number of carbonyl (C=O) groups excluding carboxylic acids is 2. The predicted octanol–water partition coefficient (Wildman–Crippen LogP) is 4.01. The van der Waals surface area contributed by atoms with Crippen molar-refractivity contribution in [1.82, 2.24) is 15.1 Å². The van der Waals surface area contributed by atoms with Crippen molar-refractivity contribution in [1.29, 1.82) is 0 Å². The van der Waals surface area contributed by atoms with Crippen LogP contribution in [-0.4, -0.2) is 45.8 Å². The smallest absolute Gasteiger partial charge is 0.277 e. The summed E-state index contributed by atoms with van der Waals surface area (Å²) in [5, 5.41) is 11.4. The monoisotopic (exact) mass is 436 g/mol. The SMILES string of the molecule is Cc1ccc(-c2nnc(SCC(=O)N3CCC(C(=O)Nc4ccccc4)CC3)o2)cc1. The van der Waals surface area contributed by atoms with Gasteiger partial charge in [-0.05, 0) is 44.0 Å². The average Bonchev–Trinajstić information content (AvgIpc) is 3.28. The minimum Gasteiger partial charge on any atom is -0.411 e. The number of para-hydroxylation sites is 1. The lowest BCUT2D eigenvalue weighted by Gasteiger charge is -2.31. The number of likely N-dealkylation sites (tertiary alicyclic amines) is 1. The summed E-state index contributed by atoms with van der Waals surface area (Å²) < 4.78 is 5.67. The van der Waals surface area contributed by atoms with E-state index in [-0.39, 0.29) is 23.5 Å². The highest BCUT2D eigenvalue weighted by Crippen LogP contribution is 2.25. The second kappa shape index (κ2) is 9.78. The number of aromatic nitrogens is 2. The molecule has 160 valence electrons. The van der Waals surface area contributed by atoms with Crippen molar-refractivity contribution in [2.24, 2.45) is 5.92 Å². The number of hydrogen-bond acceptors (Lipinski definition) is 6. The number of hydrogen-bond donors (Lipinski definition) is 1. The Hall–Kier alpha value is -3.13. The van der Waals surface area contributed by atoms with Crippen molar-refractivity contribution in [3.63, 3.8) is 0 Å². The van der Waals surface area contributed by atoms with Crippen LogP contribution in [0.1, 0.15) is 18.4 Å². The summed E-state index contributed by atoms with van der Waals surface area (Å²) in [5.41, 5.74) is 2.81. The number of rotatable bonds is 6. The van der Waals surface area contributed by atoms with Crippen molar-refractivity contribution in [2.45, 2.75) is 25.0 Å². The van der Waals surface area contributed by atoms with Crippen molar-refractivity contribution in [2.75, 3.05) is 24.2 Å². The number of nitrogens with one attached hydrogen (secondary N) is 1. The molecule has 8 heteroatoms. The van der Waals surface area contributed by atoms with E-state index in [9.17, 15) is 9.59 Å². The fourth-order valence-corrected chi connectivity index (χ4v) is 4.12. The molecule has 0 saturated carbocycles. The van der Waals surface area contributed by atoms with E-state index >= 15 is 0 Å². The number of benzene rings is 2. The molecule has 0 unspecified atom stereocenters. The second-order valence-electron chi connectivity index (χ2n) is 7.54. The van der Waals surface area contributed by atoms with Crippen LogP contribution in [0.25, 0.3) is 11.5 Å². The maximum absolute atomic E-state index is 12.6. The highest BCUT2D eigenvalue weighted by Gasteiger charge is 2.27. The lowest BCUT2D eigenvalue weighted by molar-refractivity contribution is -0.132. The molecule has 0 bridgehead atoms. The van der Waals surface area contributed by atoms with Crippen LogP contribution in [0.4, 0.5) is 5.69 Å². The number of nitrogens with zero attached hydrogens (tertiary/aromatic N) is 3. The van der Waals surface area contributed by atoms with Crippen LogP contribution in [-0.2, 0) is 9.59 Å². The van der Waals surface area contributed by atoms with Gasteiger partial charge < -0.3 is 14.6 Å². The maximum Gasteiger partial charge on any atom is 0.277 e. The summed E-state index contributed by atoms with van der Waals surface area (Å²) in [6, 6.07) is 17.3. The predicted molar refractivity (Wildman–Crippen MR) is 120 cm³/mol. The molecule has 2 aromatic carbocycles. The second-order valence-corrected chi connectivity index (χ2v) is 8.46. The molecule has 2 heterocycles. The van der Waals surface area contributed by atoms with Crippen LogP contribution in [0.5, 0.6) is 0 Å².